The van der Waals surface area contributed by atoms with Crippen LogP contribution >= 0.6 is 11.6 Å². The molecule has 1 amide bonds. The lowest BCUT2D eigenvalue weighted by Gasteiger charge is -2.38. The number of hydrogen-bond donors (Lipinski definition) is 0. The maximum Gasteiger partial charge on any atom is 0.339 e. The highest BCUT2D eigenvalue weighted by Gasteiger charge is 2.48. The summed E-state index contributed by atoms with van der Waals surface area (Å²) >= 11 is 6.34. The Morgan fingerprint density at radius 2 is 1.81 bits per heavy atom. The number of carbonyl (C=O) groups excluding carboxylic acids is 3. The van der Waals surface area contributed by atoms with Gasteiger partial charge in [-0.25, -0.2) is 14.2 Å². The highest BCUT2D eigenvalue weighted by Crippen LogP contribution is 2.44. The molecule has 0 radical (unpaired) electrons. The molecule has 1 spiro atoms. The van der Waals surface area contributed by atoms with Crippen LogP contribution in [0.15, 0.2) is 89.2 Å². The first-order valence-corrected chi connectivity index (χ1v) is 14.6. The number of rotatable bonds is 5. The van der Waals surface area contributed by atoms with E-state index in [1.807, 2.05) is 37.3 Å². The Labute approximate surface area is 252 Å². The lowest BCUT2D eigenvalue weighted by Crippen LogP contribution is -2.45. The molecule has 0 N–H and O–H groups in total. The van der Waals surface area contributed by atoms with Gasteiger partial charge in [0.15, 0.2) is 0 Å². The number of amides is 1. The predicted molar refractivity (Wildman–Crippen MR) is 161 cm³/mol. The second-order valence-electron chi connectivity index (χ2n) is 11.4. The minimum atomic E-state index is -0.864. The second kappa shape index (κ2) is 10.3. The molecule has 43 heavy (non-hydrogen) atoms. The van der Waals surface area contributed by atoms with Crippen LogP contribution in [-0.4, -0.2) is 45.9 Å². The summed E-state index contributed by atoms with van der Waals surface area (Å²) in [5.74, 6) is -1.35. The molecule has 0 aliphatic carbocycles. The van der Waals surface area contributed by atoms with E-state index in [0.717, 1.165) is 16.8 Å². The number of Topliss-reactive ketones (excluding diaryl/α,β-unsaturated/α-hetero) is 1. The highest BCUT2D eigenvalue weighted by atomic mass is 35.5. The zero-order valence-corrected chi connectivity index (χ0v) is 24.2. The molecular weight excluding hydrogens is 569 g/mol. The van der Waals surface area contributed by atoms with Crippen molar-refractivity contribution in [1.29, 1.82) is 0 Å². The van der Waals surface area contributed by atoms with Gasteiger partial charge in [-0.1, -0.05) is 54.1 Å². The third-order valence-corrected chi connectivity index (χ3v) is 8.92. The zero-order valence-electron chi connectivity index (χ0n) is 23.4. The summed E-state index contributed by atoms with van der Waals surface area (Å²) in [5, 5.41) is 1.19. The van der Waals surface area contributed by atoms with Crippen molar-refractivity contribution in [1.82, 2.24) is 9.47 Å². The van der Waals surface area contributed by atoms with E-state index in [1.165, 1.54) is 12.1 Å². The van der Waals surface area contributed by atoms with Gasteiger partial charge >= 0.3 is 5.97 Å². The number of aromatic nitrogens is 1. The minimum Gasteiger partial charge on any atom is -0.450 e. The molecule has 1 aromatic heterocycles. The third kappa shape index (κ3) is 4.66. The van der Waals surface area contributed by atoms with Crippen LogP contribution in [0.1, 0.15) is 58.0 Å². The lowest BCUT2D eigenvalue weighted by molar-refractivity contribution is -0.116. The Bertz CT molecular complexity index is 1900. The third-order valence-electron chi connectivity index (χ3n) is 8.68. The Balaban J connectivity index is 1.13. The Morgan fingerprint density at radius 1 is 1.05 bits per heavy atom. The van der Waals surface area contributed by atoms with Gasteiger partial charge in [-0.05, 0) is 42.3 Å². The van der Waals surface area contributed by atoms with Crippen LogP contribution in [0.25, 0.3) is 10.9 Å². The van der Waals surface area contributed by atoms with E-state index in [0.29, 0.717) is 65.1 Å². The van der Waals surface area contributed by atoms with Crippen molar-refractivity contribution in [2.24, 2.45) is 4.99 Å². The number of ketones is 1. The number of nitrogens with zero attached hydrogens (tertiary/aromatic N) is 3. The van der Waals surface area contributed by atoms with E-state index >= 15 is 0 Å². The molecule has 9 heteroatoms. The van der Waals surface area contributed by atoms with Crippen molar-refractivity contribution in [2.75, 3.05) is 13.1 Å². The van der Waals surface area contributed by atoms with Crippen LogP contribution in [0.3, 0.4) is 0 Å². The van der Waals surface area contributed by atoms with E-state index in [2.05, 4.69) is 4.99 Å². The number of allylic oxidation sites excluding steroid dienone is 2. The van der Waals surface area contributed by atoms with Gasteiger partial charge in [0, 0.05) is 54.5 Å². The van der Waals surface area contributed by atoms with Crippen LogP contribution in [-0.2, 0) is 21.7 Å². The fraction of sp³-hybridized carbons (Fsp3) is 0.235. The fourth-order valence-electron chi connectivity index (χ4n) is 6.48. The highest BCUT2D eigenvalue weighted by molar-refractivity contribution is 6.31. The molecule has 7 rings (SSSR count). The van der Waals surface area contributed by atoms with Crippen LogP contribution < -0.4 is 0 Å². The standard InChI is InChI=1S/C34H27ClFN3O4/c1-20-15-28(21-5-3-2-4-6-21)37-31(20)30(40)19-39-18-26(24-9-7-22(35)16-29(24)39)32(41)38-13-11-34(12-14-38)27-10-8-23(36)17-25(27)33(42)43-34/h2-10,16-18H,11-15,19H2,1H3. The van der Waals surface area contributed by atoms with Crippen molar-refractivity contribution < 1.29 is 23.5 Å². The van der Waals surface area contributed by atoms with Gasteiger partial charge in [-0.15, -0.1) is 0 Å². The molecule has 216 valence electrons. The smallest absolute Gasteiger partial charge is 0.339 e. The number of benzene rings is 3. The van der Waals surface area contributed by atoms with Crippen molar-refractivity contribution in [3.8, 4) is 0 Å². The Kier molecular flexibility index (Phi) is 6.54. The molecule has 4 heterocycles. The van der Waals surface area contributed by atoms with Crippen molar-refractivity contribution >= 4 is 45.9 Å². The Hall–Kier alpha value is -4.56. The largest absolute Gasteiger partial charge is 0.450 e. The molecule has 1 saturated heterocycles. The number of fused-ring (bicyclic) bond motifs is 3. The molecule has 0 atom stereocenters. The number of likely N-dealkylation sites (tertiary alicyclic amines) is 1. The summed E-state index contributed by atoms with van der Waals surface area (Å²) in [6.07, 6.45) is 3.13. The van der Waals surface area contributed by atoms with Crippen molar-refractivity contribution in [3.63, 3.8) is 0 Å². The van der Waals surface area contributed by atoms with Crippen molar-refractivity contribution in [3.05, 3.63) is 117 Å². The summed E-state index contributed by atoms with van der Waals surface area (Å²) in [6, 6.07) is 19.2. The number of esters is 1. The number of halogens is 2. The van der Waals surface area contributed by atoms with Gasteiger partial charge in [0.05, 0.1) is 28.9 Å². The van der Waals surface area contributed by atoms with Gasteiger partial charge < -0.3 is 14.2 Å². The van der Waals surface area contributed by atoms with Gasteiger partial charge in [0.2, 0.25) is 5.78 Å². The number of carbonyl (C=O) groups is 3. The fourth-order valence-corrected chi connectivity index (χ4v) is 6.65. The predicted octanol–water partition coefficient (Wildman–Crippen LogP) is 6.47. The van der Waals surface area contributed by atoms with Crippen LogP contribution in [0.4, 0.5) is 4.39 Å². The van der Waals surface area contributed by atoms with Crippen molar-refractivity contribution in [2.45, 2.75) is 38.3 Å². The first-order valence-electron chi connectivity index (χ1n) is 14.2. The Morgan fingerprint density at radius 3 is 2.58 bits per heavy atom. The van der Waals surface area contributed by atoms with Crippen LogP contribution in [0.2, 0.25) is 5.02 Å². The van der Waals surface area contributed by atoms with E-state index in [1.54, 1.807) is 39.9 Å². The van der Waals surface area contributed by atoms with E-state index in [4.69, 9.17) is 16.3 Å². The van der Waals surface area contributed by atoms with Gasteiger partial charge in [0.25, 0.3) is 5.91 Å². The summed E-state index contributed by atoms with van der Waals surface area (Å²) in [6.45, 7) is 2.64. The summed E-state index contributed by atoms with van der Waals surface area (Å²) < 4.78 is 21.3. The molecule has 0 bridgehead atoms. The first kappa shape index (κ1) is 27.3. The quantitative estimate of drug-likeness (QED) is 0.248. The molecule has 0 saturated carbocycles. The average molecular weight is 596 g/mol. The maximum absolute atomic E-state index is 13.9. The SMILES string of the molecule is CC1=C(C(=O)Cn2cc(C(=O)N3CCC4(CC3)OC(=O)c3cc(F)ccc34)c3ccc(Cl)cc32)N=C(c2ccccc2)C1. The average Bonchev–Trinajstić information content (AvgIpc) is 3.65. The molecule has 0 unspecified atom stereocenters. The molecule has 7 nitrogen and oxygen atoms in total. The zero-order chi connectivity index (χ0) is 29.9. The topological polar surface area (TPSA) is 81.0 Å². The molecule has 3 aromatic carbocycles. The second-order valence-corrected chi connectivity index (χ2v) is 11.8. The monoisotopic (exact) mass is 595 g/mol. The van der Waals surface area contributed by atoms with E-state index < -0.39 is 17.4 Å². The summed E-state index contributed by atoms with van der Waals surface area (Å²) in [7, 11) is 0. The summed E-state index contributed by atoms with van der Waals surface area (Å²) in [5.41, 5.74) is 4.41. The van der Waals surface area contributed by atoms with E-state index in [-0.39, 0.29) is 23.8 Å². The molecule has 1 fully saturated rings. The number of aliphatic imine (C=N–C) groups is 1. The van der Waals surface area contributed by atoms with E-state index in [9.17, 15) is 18.8 Å². The minimum absolute atomic E-state index is 0.00870. The lowest BCUT2D eigenvalue weighted by atomic mass is 9.83. The molecule has 3 aliphatic heterocycles. The molecule has 4 aromatic rings. The van der Waals surface area contributed by atoms with Crippen LogP contribution in [0.5, 0.6) is 0 Å². The van der Waals surface area contributed by atoms with Gasteiger partial charge in [0.1, 0.15) is 17.1 Å². The maximum atomic E-state index is 13.9. The molecule has 3 aliphatic rings. The van der Waals surface area contributed by atoms with Crippen LogP contribution in [0, 0.1) is 5.82 Å². The van der Waals surface area contributed by atoms with Gasteiger partial charge in [-0.3, -0.25) is 9.59 Å². The normalized spacial score (nSPS) is 17.4. The number of piperidine rings is 1. The summed E-state index contributed by atoms with van der Waals surface area (Å²) in [4.78, 5) is 46.3. The van der Waals surface area contributed by atoms with Gasteiger partial charge in [-0.2, -0.15) is 0 Å². The first-order chi connectivity index (χ1) is 20.7. The molecular formula is C34H27ClFN3O4. The number of hydrogen-bond acceptors (Lipinski definition) is 5. The number of ether oxygens (including phenoxy) is 1.